The van der Waals surface area contributed by atoms with Crippen LogP contribution in [0.3, 0.4) is 0 Å². The van der Waals surface area contributed by atoms with Gasteiger partial charge >= 0.3 is 0 Å². The fourth-order valence-corrected chi connectivity index (χ4v) is 3.74. The monoisotopic (exact) mass is 382 g/mol. The Hall–Kier alpha value is -3.03. The highest BCUT2D eigenvalue weighted by molar-refractivity contribution is 5.78. The zero-order valence-electron chi connectivity index (χ0n) is 16.2. The van der Waals surface area contributed by atoms with Gasteiger partial charge in [-0.25, -0.2) is 14.1 Å². The van der Waals surface area contributed by atoms with Crippen LogP contribution >= 0.6 is 0 Å². The van der Waals surface area contributed by atoms with Crippen molar-refractivity contribution in [2.45, 2.75) is 40.2 Å². The van der Waals surface area contributed by atoms with Crippen LogP contribution in [0.4, 0.5) is 4.39 Å². The Morgan fingerprint density at radius 1 is 1.32 bits per heavy atom. The van der Waals surface area contributed by atoms with E-state index in [-0.39, 0.29) is 23.6 Å². The number of rotatable bonds is 3. The van der Waals surface area contributed by atoms with Crippen molar-refractivity contribution >= 4 is 5.91 Å². The number of carbonyl (C=O) groups is 1. The summed E-state index contributed by atoms with van der Waals surface area (Å²) in [4.78, 5) is 19.0. The molecule has 3 aromatic rings. The Morgan fingerprint density at radius 3 is 2.82 bits per heavy atom. The molecule has 0 atom stereocenters. The standard InChI is InChI=1S/C20H23FN6O/c1-13-23-18(25-24-13)8-19(28)26-11-14-10-22-27(16-7-5-4-6-15(16)21)17(14)9-20(2,3)12-26/h4-7,10H,8-9,11-12H2,1-3H3,(H,23,24,25). The maximum atomic E-state index is 14.3. The molecule has 0 unspecified atom stereocenters. The van der Waals surface area contributed by atoms with Gasteiger partial charge in [-0.3, -0.25) is 9.89 Å². The number of fused-ring (bicyclic) bond motifs is 1. The number of aromatic nitrogens is 5. The van der Waals surface area contributed by atoms with E-state index in [9.17, 15) is 9.18 Å². The molecule has 4 rings (SSSR count). The van der Waals surface area contributed by atoms with Crippen LogP contribution in [0.5, 0.6) is 0 Å². The largest absolute Gasteiger partial charge is 0.337 e. The second-order valence-electron chi connectivity index (χ2n) is 8.08. The van der Waals surface area contributed by atoms with Crippen molar-refractivity contribution < 1.29 is 9.18 Å². The summed E-state index contributed by atoms with van der Waals surface area (Å²) in [6.07, 6.45) is 2.58. The SMILES string of the molecule is Cc1nc(CC(=O)N2Cc3cnn(-c4ccccc4F)c3CC(C)(C)C2)n[nH]1. The maximum absolute atomic E-state index is 14.3. The van der Waals surface area contributed by atoms with E-state index in [1.807, 2.05) is 4.90 Å². The number of hydrogen-bond acceptors (Lipinski definition) is 4. The predicted molar refractivity (Wildman–Crippen MR) is 101 cm³/mol. The van der Waals surface area contributed by atoms with Gasteiger partial charge in [-0.05, 0) is 30.9 Å². The zero-order valence-corrected chi connectivity index (χ0v) is 16.2. The molecule has 1 amide bonds. The van der Waals surface area contributed by atoms with Gasteiger partial charge in [0.15, 0.2) is 5.82 Å². The molecule has 0 radical (unpaired) electrons. The maximum Gasteiger partial charge on any atom is 0.230 e. The fourth-order valence-electron chi connectivity index (χ4n) is 3.74. The molecule has 1 aromatic carbocycles. The Bertz CT molecular complexity index is 1020. The first-order valence-corrected chi connectivity index (χ1v) is 9.29. The van der Waals surface area contributed by atoms with Crippen LogP contribution in [-0.4, -0.2) is 42.3 Å². The lowest BCUT2D eigenvalue weighted by Gasteiger charge is -2.29. The second-order valence-corrected chi connectivity index (χ2v) is 8.08. The number of H-pyrrole nitrogens is 1. The molecule has 1 aliphatic heterocycles. The molecule has 28 heavy (non-hydrogen) atoms. The van der Waals surface area contributed by atoms with Gasteiger partial charge in [-0.1, -0.05) is 26.0 Å². The van der Waals surface area contributed by atoms with Gasteiger partial charge in [0.1, 0.15) is 17.3 Å². The minimum absolute atomic E-state index is 0.0291. The summed E-state index contributed by atoms with van der Waals surface area (Å²) in [6, 6.07) is 6.61. The van der Waals surface area contributed by atoms with Crippen molar-refractivity contribution in [1.82, 2.24) is 29.9 Å². The third kappa shape index (κ3) is 3.54. The van der Waals surface area contributed by atoms with Crippen LogP contribution < -0.4 is 0 Å². The first kappa shape index (κ1) is 18.3. The van der Waals surface area contributed by atoms with E-state index in [1.165, 1.54) is 6.07 Å². The van der Waals surface area contributed by atoms with Crippen LogP contribution in [0.15, 0.2) is 30.5 Å². The molecule has 1 N–H and O–H groups in total. The van der Waals surface area contributed by atoms with Crippen molar-refractivity contribution in [3.05, 3.63) is 59.2 Å². The number of amides is 1. The van der Waals surface area contributed by atoms with Crippen LogP contribution in [0.2, 0.25) is 0 Å². The highest BCUT2D eigenvalue weighted by atomic mass is 19.1. The quantitative estimate of drug-likeness (QED) is 0.755. The summed E-state index contributed by atoms with van der Waals surface area (Å²) < 4.78 is 16.0. The number of nitrogens with one attached hydrogen (secondary N) is 1. The minimum Gasteiger partial charge on any atom is -0.337 e. The van der Waals surface area contributed by atoms with Gasteiger partial charge in [0, 0.05) is 24.3 Å². The van der Waals surface area contributed by atoms with Crippen LogP contribution in [-0.2, 0) is 24.2 Å². The average molecular weight is 382 g/mol. The lowest BCUT2D eigenvalue weighted by Crippen LogP contribution is -2.38. The number of carbonyl (C=O) groups excluding carboxylic acids is 1. The summed E-state index contributed by atoms with van der Waals surface area (Å²) in [5, 5.41) is 11.3. The molecule has 0 fully saturated rings. The fraction of sp³-hybridized carbons (Fsp3) is 0.400. The lowest BCUT2D eigenvalue weighted by molar-refractivity contribution is -0.132. The Labute approximate surface area is 162 Å². The van der Waals surface area contributed by atoms with E-state index in [1.54, 1.807) is 36.0 Å². The Balaban J connectivity index is 1.65. The smallest absolute Gasteiger partial charge is 0.230 e. The first-order chi connectivity index (χ1) is 13.3. The summed E-state index contributed by atoms with van der Waals surface area (Å²) in [6.45, 7) is 7.06. The normalized spacial score (nSPS) is 15.9. The Kier molecular flexibility index (Phi) is 4.49. The van der Waals surface area contributed by atoms with Gasteiger partial charge in [0.2, 0.25) is 5.91 Å². The summed E-state index contributed by atoms with van der Waals surface area (Å²) in [5.41, 5.74) is 2.13. The van der Waals surface area contributed by atoms with E-state index in [0.29, 0.717) is 36.8 Å². The molecule has 3 heterocycles. The van der Waals surface area contributed by atoms with E-state index in [2.05, 4.69) is 34.1 Å². The second kappa shape index (κ2) is 6.85. The van der Waals surface area contributed by atoms with Crippen molar-refractivity contribution in [3.8, 4) is 5.69 Å². The zero-order chi connectivity index (χ0) is 19.9. The molecule has 1 aliphatic rings. The predicted octanol–water partition coefficient (Wildman–Crippen LogP) is 2.59. The molecule has 7 nitrogen and oxygen atoms in total. The third-order valence-corrected chi connectivity index (χ3v) is 4.97. The number of aryl methyl sites for hydroxylation is 1. The molecule has 0 spiro atoms. The third-order valence-electron chi connectivity index (χ3n) is 4.97. The van der Waals surface area contributed by atoms with Crippen molar-refractivity contribution in [2.75, 3.05) is 6.54 Å². The van der Waals surface area contributed by atoms with Crippen LogP contribution in [0.1, 0.15) is 36.8 Å². The van der Waals surface area contributed by atoms with Gasteiger partial charge in [0.05, 0.1) is 12.6 Å². The highest BCUT2D eigenvalue weighted by Gasteiger charge is 2.33. The summed E-state index contributed by atoms with van der Waals surface area (Å²) in [7, 11) is 0. The van der Waals surface area contributed by atoms with Crippen LogP contribution in [0.25, 0.3) is 5.69 Å². The van der Waals surface area contributed by atoms with E-state index >= 15 is 0 Å². The topological polar surface area (TPSA) is 79.7 Å². The molecule has 0 saturated heterocycles. The van der Waals surface area contributed by atoms with Crippen LogP contribution in [0, 0.1) is 18.2 Å². The van der Waals surface area contributed by atoms with E-state index < -0.39 is 0 Å². The van der Waals surface area contributed by atoms with E-state index in [0.717, 1.165) is 11.3 Å². The molecule has 8 heteroatoms. The molecule has 2 aromatic heterocycles. The van der Waals surface area contributed by atoms with E-state index in [4.69, 9.17) is 0 Å². The minimum atomic E-state index is -0.316. The highest BCUT2D eigenvalue weighted by Crippen LogP contribution is 2.32. The molecule has 146 valence electrons. The summed E-state index contributed by atoms with van der Waals surface area (Å²) in [5.74, 6) is 0.834. The van der Waals surface area contributed by atoms with Gasteiger partial charge in [0.25, 0.3) is 0 Å². The van der Waals surface area contributed by atoms with Gasteiger partial charge < -0.3 is 4.90 Å². The number of hydrogen-bond donors (Lipinski definition) is 1. The van der Waals surface area contributed by atoms with Gasteiger partial charge in [-0.2, -0.15) is 10.2 Å². The summed E-state index contributed by atoms with van der Waals surface area (Å²) >= 11 is 0. The van der Waals surface area contributed by atoms with Crippen molar-refractivity contribution in [3.63, 3.8) is 0 Å². The number of aromatic amines is 1. The molecule has 0 aliphatic carbocycles. The molecule has 0 saturated carbocycles. The number of halogens is 1. The van der Waals surface area contributed by atoms with Crippen molar-refractivity contribution in [2.24, 2.45) is 5.41 Å². The number of benzene rings is 1. The number of nitrogens with zero attached hydrogens (tertiary/aromatic N) is 5. The molecular formula is C20H23FN6O. The number of para-hydroxylation sites is 1. The van der Waals surface area contributed by atoms with Crippen molar-refractivity contribution in [1.29, 1.82) is 0 Å². The average Bonchev–Trinajstić information content (AvgIpc) is 3.17. The Morgan fingerprint density at radius 2 is 2.11 bits per heavy atom. The first-order valence-electron chi connectivity index (χ1n) is 9.29. The molecule has 0 bridgehead atoms. The lowest BCUT2D eigenvalue weighted by atomic mass is 9.87. The van der Waals surface area contributed by atoms with Gasteiger partial charge in [-0.15, -0.1) is 0 Å². The molecular weight excluding hydrogens is 359 g/mol.